The average Bonchev–Trinajstić information content (AvgIpc) is 2.88. The van der Waals surface area contributed by atoms with E-state index < -0.39 is 5.97 Å². The summed E-state index contributed by atoms with van der Waals surface area (Å²) in [5.41, 5.74) is 0.0120. The first kappa shape index (κ1) is 15.7. The zero-order chi connectivity index (χ0) is 15.4. The summed E-state index contributed by atoms with van der Waals surface area (Å²) in [7, 11) is 2.04. The Hall–Kier alpha value is -1.67. The number of carbonyl (C=O) groups excluding carboxylic acids is 1. The molecule has 1 aromatic rings. The van der Waals surface area contributed by atoms with Gasteiger partial charge >= 0.3 is 12.0 Å². The zero-order valence-electron chi connectivity index (χ0n) is 12.1. The molecule has 7 nitrogen and oxygen atoms in total. The molecular formula is C13H20N4O3S. The third-order valence-corrected chi connectivity index (χ3v) is 4.45. The maximum absolute atomic E-state index is 12.0. The Morgan fingerprint density at radius 2 is 2.33 bits per heavy atom. The van der Waals surface area contributed by atoms with Crippen LogP contribution < -0.4 is 10.6 Å². The fraction of sp³-hybridized carbons (Fsp3) is 0.615. The molecular weight excluding hydrogens is 292 g/mol. The maximum Gasteiger partial charge on any atom is 0.355 e. The molecule has 0 bridgehead atoms. The summed E-state index contributed by atoms with van der Waals surface area (Å²) in [4.78, 5) is 28.9. The first-order chi connectivity index (χ1) is 9.95. The number of urea groups is 1. The Kier molecular flexibility index (Phi) is 5.13. The molecule has 0 aromatic carbocycles. The van der Waals surface area contributed by atoms with E-state index in [4.69, 9.17) is 5.11 Å². The molecule has 2 unspecified atom stereocenters. The minimum atomic E-state index is -1.06. The van der Waals surface area contributed by atoms with Crippen LogP contribution >= 0.6 is 11.3 Å². The van der Waals surface area contributed by atoms with E-state index in [2.05, 4.69) is 20.5 Å². The Labute approximate surface area is 127 Å². The van der Waals surface area contributed by atoms with Gasteiger partial charge in [-0.2, -0.15) is 0 Å². The SMILES string of the molecule is CC(NC(=O)NC1CCCN(C)C1)c1nc(C(=O)O)cs1. The molecule has 1 saturated heterocycles. The van der Waals surface area contributed by atoms with Crippen LogP contribution in [-0.2, 0) is 0 Å². The van der Waals surface area contributed by atoms with Crippen molar-refractivity contribution in [2.24, 2.45) is 0 Å². The van der Waals surface area contributed by atoms with Crippen LogP contribution in [-0.4, -0.2) is 53.2 Å². The molecule has 2 heterocycles. The number of carboxylic acids is 1. The topological polar surface area (TPSA) is 94.6 Å². The van der Waals surface area contributed by atoms with Crippen molar-refractivity contribution in [1.82, 2.24) is 20.5 Å². The van der Waals surface area contributed by atoms with Crippen LogP contribution in [0.4, 0.5) is 4.79 Å². The van der Waals surface area contributed by atoms with E-state index in [0.29, 0.717) is 5.01 Å². The maximum atomic E-state index is 12.0. The number of aromatic carboxylic acids is 1. The summed E-state index contributed by atoms with van der Waals surface area (Å²) in [5, 5.41) is 16.7. The van der Waals surface area contributed by atoms with Crippen molar-refractivity contribution in [2.75, 3.05) is 20.1 Å². The number of likely N-dealkylation sites (tertiary alicyclic amines) is 1. The van der Waals surface area contributed by atoms with Gasteiger partial charge in [0.25, 0.3) is 0 Å². The summed E-state index contributed by atoms with van der Waals surface area (Å²) in [6.07, 6.45) is 2.05. The molecule has 2 atom stereocenters. The Bertz CT molecular complexity index is 519. The van der Waals surface area contributed by atoms with Gasteiger partial charge in [-0.15, -0.1) is 11.3 Å². The van der Waals surface area contributed by atoms with Crippen molar-refractivity contribution in [1.29, 1.82) is 0 Å². The van der Waals surface area contributed by atoms with E-state index >= 15 is 0 Å². The second-order valence-corrected chi connectivity index (χ2v) is 6.21. The summed E-state index contributed by atoms with van der Waals surface area (Å²) < 4.78 is 0. The molecule has 21 heavy (non-hydrogen) atoms. The average molecular weight is 312 g/mol. The Balaban J connectivity index is 1.85. The summed E-state index contributed by atoms with van der Waals surface area (Å²) in [5.74, 6) is -1.06. The number of nitrogens with zero attached hydrogens (tertiary/aromatic N) is 2. The van der Waals surface area contributed by atoms with Gasteiger partial charge in [0.1, 0.15) is 5.01 Å². The number of nitrogens with one attached hydrogen (secondary N) is 2. The van der Waals surface area contributed by atoms with E-state index in [-0.39, 0.29) is 23.8 Å². The standard InChI is InChI=1S/C13H20N4O3S/c1-8(11-16-10(7-21-11)12(18)19)14-13(20)15-9-4-3-5-17(2)6-9/h7-9H,3-6H2,1-2H3,(H,18,19)(H2,14,15,20). The largest absolute Gasteiger partial charge is 0.476 e. The molecule has 8 heteroatoms. The van der Waals surface area contributed by atoms with Crippen molar-refractivity contribution in [3.63, 3.8) is 0 Å². The predicted molar refractivity (Wildman–Crippen MR) is 79.7 cm³/mol. The third kappa shape index (κ3) is 4.40. The molecule has 1 aliphatic rings. The first-order valence-corrected chi connectivity index (χ1v) is 7.78. The zero-order valence-corrected chi connectivity index (χ0v) is 12.9. The Morgan fingerprint density at radius 3 is 2.95 bits per heavy atom. The van der Waals surface area contributed by atoms with Crippen LogP contribution in [0.1, 0.15) is 41.3 Å². The molecule has 1 aliphatic heterocycles. The van der Waals surface area contributed by atoms with Crippen molar-refractivity contribution >= 4 is 23.3 Å². The van der Waals surface area contributed by atoms with Gasteiger partial charge in [0.15, 0.2) is 5.69 Å². The van der Waals surface area contributed by atoms with E-state index in [1.165, 1.54) is 16.7 Å². The molecule has 3 N–H and O–H groups in total. The summed E-state index contributed by atoms with van der Waals surface area (Å²) >= 11 is 1.23. The summed E-state index contributed by atoms with van der Waals surface area (Å²) in [6, 6.07) is -0.402. The van der Waals surface area contributed by atoms with Crippen molar-refractivity contribution in [3.05, 3.63) is 16.1 Å². The highest BCUT2D eigenvalue weighted by atomic mass is 32.1. The number of rotatable bonds is 4. The molecule has 0 radical (unpaired) electrons. The van der Waals surface area contributed by atoms with Crippen molar-refractivity contribution in [2.45, 2.75) is 31.8 Å². The second kappa shape index (κ2) is 6.86. The lowest BCUT2D eigenvalue weighted by Crippen LogP contribution is -2.49. The fourth-order valence-corrected chi connectivity index (χ4v) is 3.15. The van der Waals surface area contributed by atoms with E-state index in [1.54, 1.807) is 6.92 Å². The van der Waals surface area contributed by atoms with Crippen LogP contribution in [0, 0.1) is 0 Å². The first-order valence-electron chi connectivity index (χ1n) is 6.90. The fourth-order valence-electron chi connectivity index (χ4n) is 2.35. The van der Waals surface area contributed by atoms with E-state index in [1.807, 2.05) is 7.05 Å². The monoisotopic (exact) mass is 312 g/mol. The molecule has 0 aliphatic carbocycles. The van der Waals surface area contributed by atoms with Crippen LogP contribution in [0.5, 0.6) is 0 Å². The second-order valence-electron chi connectivity index (χ2n) is 5.32. The highest BCUT2D eigenvalue weighted by Crippen LogP contribution is 2.18. The predicted octanol–water partition coefficient (Wildman–Crippen LogP) is 1.30. The van der Waals surface area contributed by atoms with Gasteiger partial charge in [-0.25, -0.2) is 14.6 Å². The summed E-state index contributed by atoms with van der Waals surface area (Å²) in [6.45, 7) is 3.70. The van der Waals surface area contributed by atoms with Gasteiger partial charge in [-0.3, -0.25) is 0 Å². The number of aromatic nitrogens is 1. The number of piperidine rings is 1. The van der Waals surface area contributed by atoms with Gasteiger partial charge in [0.05, 0.1) is 6.04 Å². The molecule has 1 fully saturated rings. The Morgan fingerprint density at radius 1 is 1.57 bits per heavy atom. The molecule has 2 rings (SSSR count). The smallest absolute Gasteiger partial charge is 0.355 e. The van der Waals surface area contributed by atoms with E-state index in [0.717, 1.165) is 25.9 Å². The highest BCUT2D eigenvalue weighted by Gasteiger charge is 2.21. The third-order valence-electron chi connectivity index (χ3n) is 3.42. The molecule has 0 saturated carbocycles. The van der Waals surface area contributed by atoms with Crippen LogP contribution in [0.15, 0.2) is 5.38 Å². The number of carbonyl (C=O) groups is 2. The molecule has 0 spiro atoms. The molecule has 116 valence electrons. The van der Waals surface area contributed by atoms with Crippen LogP contribution in [0.25, 0.3) is 0 Å². The van der Waals surface area contributed by atoms with Crippen molar-refractivity contribution < 1.29 is 14.7 Å². The highest BCUT2D eigenvalue weighted by molar-refractivity contribution is 7.09. The van der Waals surface area contributed by atoms with Gasteiger partial charge in [0, 0.05) is 18.0 Å². The van der Waals surface area contributed by atoms with Gasteiger partial charge < -0.3 is 20.6 Å². The number of hydrogen-bond donors (Lipinski definition) is 3. The van der Waals surface area contributed by atoms with Gasteiger partial charge in [-0.05, 0) is 33.4 Å². The van der Waals surface area contributed by atoms with E-state index in [9.17, 15) is 9.59 Å². The lowest BCUT2D eigenvalue weighted by Gasteiger charge is -2.30. The van der Waals surface area contributed by atoms with Crippen molar-refractivity contribution in [3.8, 4) is 0 Å². The number of likely N-dealkylation sites (N-methyl/N-ethyl adjacent to an activating group) is 1. The van der Waals surface area contributed by atoms with Gasteiger partial charge in [-0.1, -0.05) is 0 Å². The van der Waals surface area contributed by atoms with Crippen LogP contribution in [0.3, 0.4) is 0 Å². The molecule has 1 aromatic heterocycles. The van der Waals surface area contributed by atoms with Crippen LogP contribution in [0.2, 0.25) is 0 Å². The van der Waals surface area contributed by atoms with Gasteiger partial charge in [0.2, 0.25) is 0 Å². The lowest BCUT2D eigenvalue weighted by atomic mass is 10.1. The molecule has 2 amide bonds. The lowest BCUT2D eigenvalue weighted by molar-refractivity contribution is 0.0691. The number of carboxylic acid groups (broad SMARTS) is 1. The minimum Gasteiger partial charge on any atom is -0.476 e. The minimum absolute atomic E-state index is 0.0120. The number of thiazole rings is 1. The number of amides is 2. The number of hydrogen-bond acceptors (Lipinski definition) is 5. The quantitative estimate of drug-likeness (QED) is 0.779. The normalized spacial score (nSPS) is 20.8.